The molecule has 0 spiro atoms. The molecule has 2 aromatic carbocycles. The maximum atomic E-state index is 13.9. The van der Waals surface area contributed by atoms with Crippen LogP contribution in [0.4, 0.5) is 5.69 Å². The number of rotatable bonds is 9. The number of nitrogens with zero attached hydrogens (tertiary/aromatic N) is 2. The number of anilines is 1. The van der Waals surface area contributed by atoms with E-state index < -0.39 is 6.04 Å². The molecule has 5 nitrogen and oxygen atoms in total. The van der Waals surface area contributed by atoms with Gasteiger partial charge >= 0.3 is 0 Å². The second kappa shape index (κ2) is 12.0. The van der Waals surface area contributed by atoms with Gasteiger partial charge in [0.25, 0.3) is 0 Å². The first kappa shape index (κ1) is 25.0. The quantitative estimate of drug-likeness (QED) is 0.419. The Morgan fingerprint density at radius 3 is 2.37 bits per heavy atom. The summed E-state index contributed by atoms with van der Waals surface area (Å²) in [6.07, 6.45) is 5.51. The minimum absolute atomic E-state index is 0.0724. The number of nitrogens with one attached hydrogen (secondary N) is 1. The van der Waals surface area contributed by atoms with Crippen LogP contribution in [0.1, 0.15) is 54.1 Å². The van der Waals surface area contributed by atoms with Gasteiger partial charge in [0.15, 0.2) is 0 Å². The van der Waals surface area contributed by atoms with Crippen molar-refractivity contribution in [3.63, 3.8) is 0 Å². The number of amides is 2. The number of likely N-dealkylation sites (N-methyl/N-ethyl adjacent to an activating group) is 1. The Labute approximate surface area is 212 Å². The summed E-state index contributed by atoms with van der Waals surface area (Å²) in [5, 5.41) is 5.31. The van der Waals surface area contributed by atoms with Crippen LogP contribution in [0.5, 0.6) is 0 Å². The number of para-hydroxylation sites is 1. The van der Waals surface area contributed by atoms with Gasteiger partial charge in [-0.2, -0.15) is 0 Å². The van der Waals surface area contributed by atoms with Crippen LogP contribution >= 0.6 is 11.3 Å². The van der Waals surface area contributed by atoms with Crippen LogP contribution in [0, 0.1) is 6.92 Å². The molecular weight excluding hydrogens is 454 g/mol. The van der Waals surface area contributed by atoms with E-state index in [2.05, 4.69) is 5.32 Å². The van der Waals surface area contributed by atoms with E-state index in [1.54, 1.807) is 16.2 Å². The van der Waals surface area contributed by atoms with Crippen molar-refractivity contribution in [2.75, 3.05) is 18.5 Å². The molecule has 0 aliphatic heterocycles. The zero-order valence-corrected chi connectivity index (χ0v) is 21.5. The van der Waals surface area contributed by atoms with Crippen LogP contribution in [0.2, 0.25) is 0 Å². The smallest absolute Gasteiger partial charge is 0.247 e. The molecule has 0 saturated heterocycles. The van der Waals surface area contributed by atoms with Gasteiger partial charge in [0, 0.05) is 23.7 Å². The molecule has 1 heterocycles. The van der Waals surface area contributed by atoms with Crippen molar-refractivity contribution in [2.45, 2.75) is 57.7 Å². The highest BCUT2D eigenvalue weighted by molar-refractivity contribution is 7.09. The first-order valence-corrected chi connectivity index (χ1v) is 13.3. The monoisotopic (exact) mass is 489 g/mol. The average Bonchev–Trinajstić information content (AvgIpc) is 3.39. The number of hydrogen-bond donors (Lipinski definition) is 1. The van der Waals surface area contributed by atoms with E-state index in [9.17, 15) is 9.59 Å². The molecule has 35 heavy (non-hydrogen) atoms. The van der Waals surface area contributed by atoms with E-state index >= 15 is 0 Å². The summed E-state index contributed by atoms with van der Waals surface area (Å²) < 4.78 is 0. The predicted octanol–water partition coefficient (Wildman–Crippen LogP) is 5.71. The number of aryl methyl sites for hydroxylation is 1. The van der Waals surface area contributed by atoms with Crippen molar-refractivity contribution in [3.8, 4) is 0 Å². The van der Waals surface area contributed by atoms with Crippen molar-refractivity contribution in [2.24, 2.45) is 0 Å². The van der Waals surface area contributed by atoms with E-state index in [4.69, 9.17) is 0 Å². The second-order valence-corrected chi connectivity index (χ2v) is 10.4. The number of hydrogen-bond acceptors (Lipinski definition) is 4. The van der Waals surface area contributed by atoms with Gasteiger partial charge < -0.3 is 15.1 Å². The highest BCUT2D eigenvalue weighted by Gasteiger charge is 2.34. The third-order valence-electron chi connectivity index (χ3n) is 6.79. The molecule has 6 heteroatoms. The van der Waals surface area contributed by atoms with Gasteiger partial charge in [0.1, 0.15) is 6.04 Å². The largest absolute Gasteiger partial charge is 0.365 e. The molecule has 3 aromatic rings. The average molecular weight is 490 g/mol. The highest BCUT2D eigenvalue weighted by Crippen LogP contribution is 2.29. The van der Waals surface area contributed by atoms with Gasteiger partial charge in [-0.25, -0.2) is 0 Å². The van der Waals surface area contributed by atoms with Crippen molar-refractivity contribution in [3.05, 3.63) is 88.1 Å². The molecule has 1 fully saturated rings. The summed E-state index contributed by atoms with van der Waals surface area (Å²) in [5.41, 5.74) is 2.86. The summed E-state index contributed by atoms with van der Waals surface area (Å²) in [7, 11) is 1.92. The summed E-state index contributed by atoms with van der Waals surface area (Å²) in [4.78, 5) is 32.5. The number of carbonyl (C=O) groups excluding carboxylic acids is 2. The first-order chi connectivity index (χ1) is 17.0. The lowest BCUT2D eigenvalue weighted by molar-refractivity contribution is -0.141. The van der Waals surface area contributed by atoms with Crippen molar-refractivity contribution < 1.29 is 9.59 Å². The number of thiophene rings is 1. The maximum absolute atomic E-state index is 13.9. The van der Waals surface area contributed by atoms with E-state index in [0.29, 0.717) is 6.54 Å². The SMILES string of the molecule is Cc1ccccc1C(C(=O)NC1CCCCC1)N(Cc1cccs1)C(=O)CN(C)c1ccccc1. The molecule has 1 unspecified atom stereocenters. The van der Waals surface area contributed by atoms with Gasteiger partial charge in [-0.1, -0.05) is 67.8 Å². The van der Waals surface area contributed by atoms with Crippen LogP contribution in [0.25, 0.3) is 0 Å². The maximum Gasteiger partial charge on any atom is 0.247 e. The van der Waals surface area contributed by atoms with Gasteiger partial charge in [-0.05, 0) is 54.5 Å². The molecule has 1 atom stereocenters. The molecule has 1 saturated carbocycles. The highest BCUT2D eigenvalue weighted by atomic mass is 32.1. The van der Waals surface area contributed by atoms with Gasteiger partial charge in [-0.15, -0.1) is 11.3 Å². The fraction of sp³-hybridized carbons (Fsp3) is 0.379. The molecule has 2 amide bonds. The number of carbonyl (C=O) groups is 2. The predicted molar refractivity (Wildman–Crippen MR) is 144 cm³/mol. The Bertz CT molecular complexity index is 1090. The third-order valence-corrected chi connectivity index (χ3v) is 7.65. The summed E-state index contributed by atoms with van der Waals surface area (Å²) in [5.74, 6) is -0.157. The van der Waals surface area contributed by atoms with Gasteiger partial charge in [-0.3, -0.25) is 9.59 Å². The summed E-state index contributed by atoms with van der Waals surface area (Å²) >= 11 is 1.61. The molecule has 1 aromatic heterocycles. The fourth-order valence-electron chi connectivity index (χ4n) is 4.83. The minimum Gasteiger partial charge on any atom is -0.365 e. The topological polar surface area (TPSA) is 52.7 Å². The summed E-state index contributed by atoms with van der Waals surface area (Å²) in [6.45, 7) is 2.60. The molecule has 0 bridgehead atoms. The fourth-order valence-corrected chi connectivity index (χ4v) is 5.54. The van der Waals surface area contributed by atoms with Crippen molar-refractivity contribution in [1.29, 1.82) is 0 Å². The molecule has 1 aliphatic carbocycles. The normalized spacial score (nSPS) is 14.8. The lowest BCUT2D eigenvalue weighted by atomic mass is 9.94. The lowest BCUT2D eigenvalue weighted by Crippen LogP contribution is -2.49. The van der Waals surface area contributed by atoms with Crippen LogP contribution in [-0.4, -0.2) is 36.3 Å². The van der Waals surface area contributed by atoms with E-state index in [1.807, 2.05) is 91.0 Å². The molecule has 4 rings (SSSR count). The Balaban J connectivity index is 1.66. The molecule has 1 N–H and O–H groups in total. The zero-order valence-electron chi connectivity index (χ0n) is 20.7. The van der Waals surface area contributed by atoms with Crippen molar-refractivity contribution in [1.82, 2.24) is 10.2 Å². The van der Waals surface area contributed by atoms with Crippen LogP contribution in [-0.2, 0) is 16.1 Å². The van der Waals surface area contributed by atoms with Crippen LogP contribution in [0.15, 0.2) is 72.1 Å². The standard InChI is InChI=1S/C29H35N3O2S/c1-22-12-9-10-18-26(22)28(29(34)30-23-13-5-3-6-14-23)32(20-25-17-11-19-35-25)27(33)21-31(2)24-15-7-4-8-16-24/h4,7-12,15-19,23,28H,3,5-6,13-14,20-21H2,1-2H3,(H,30,34). The Morgan fingerprint density at radius 2 is 1.69 bits per heavy atom. The second-order valence-electron chi connectivity index (χ2n) is 9.40. The number of benzene rings is 2. The molecular formula is C29H35N3O2S. The Morgan fingerprint density at radius 1 is 0.971 bits per heavy atom. The first-order valence-electron chi connectivity index (χ1n) is 12.5. The zero-order chi connectivity index (χ0) is 24.6. The van der Waals surface area contributed by atoms with Crippen molar-refractivity contribution >= 4 is 28.8 Å². The molecule has 1 aliphatic rings. The van der Waals surface area contributed by atoms with Crippen LogP contribution < -0.4 is 10.2 Å². The Kier molecular flexibility index (Phi) is 8.59. The lowest BCUT2D eigenvalue weighted by Gasteiger charge is -2.35. The van der Waals surface area contributed by atoms with E-state index in [1.165, 1.54) is 6.42 Å². The molecule has 184 valence electrons. The third kappa shape index (κ3) is 6.51. The van der Waals surface area contributed by atoms with Crippen LogP contribution in [0.3, 0.4) is 0 Å². The van der Waals surface area contributed by atoms with E-state index in [0.717, 1.165) is 47.4 Å². The molecule has 0 radical (unpaired) electrons. The van der Waals surface area contributed by atoms with Gasteiger partial charge in [0.05, 0.1) is 13.1 Å². The van der Waals surface area contributed by atoms with Gasteiger partial charge in [0.2, 0.25) is 11.8 Å². The van der Waals surface area contributed by atoms with E-state index in [-0.39, 0.29) is 24.4 Å². The Hall–Kier alpha value is -3.12. The summed E-state index contributed by atoms with van der Waals surface area (Å²) in [6, 6.07) is 21.3. The minimum atomic E-state index is -0.683.